The molecule has 0 spiro atoms. The summed E-state index contributed by atoms with van der Waals surface area (Å²) >= 11 is 5.63. The minimum atomic E-state index is -0.535. The second-order valence-corrected chi connectivity index (χ2v) is 4.03. The Hall–Kier alpha value is -1.58. The van der Waals surface area contributed by atoms with Crippen molar-refractivity contribution < 1.29 is 9.18 Å². The van der Waals surface area contributed by atoms with Crippen LogP contribution < -0.4 is 0 Å². The molecule has 2 rings (SSSR count). The molecule has 1 aromatic carbocycles. The molecule has 2 unspecified atom stereocenters. The summed E-state index contributed by atoms with van der Waals surface area (Å²) in [7, 11) is 0. The smallest absolute Gasteiger partial charge is 0.222 e. The van der Waals surface area contributed by atoms with Crippen LogP contribution in [-0.4, -0.2) is 5.91 Å². The number of carbonyl (C=O) groups excluding carboxylic acids is 1. The molecule has 2 atom stereocenters. The third-order valence-electron chi connectivity index (χ3n) is 2.63. The van der Waals surface area contributed by atoms with Crippen LogP contribution in [0.4, 0.5) is 4.39 Å². The van der Waals surface area contributed by atoms with Gasteiger partial charge in [-0.25, -0.2) is 4.39 Å². The van der Waals surface area contributed by atoms with Gasteiger partial charge in [-0.1, -0.05) is 23.7 Å². The lowest BCUT2D eigenvalue weighted by atomic mass is 10.1. The molecule has 0 aliphatic heterocycles. The minimum Gasteiger partial charge on any atom is -0.292 e. The summed E-state index contributed by atoms with van der Waals surface area (Å²) in [6.45, 7) is 0. The van der Waals surface area contributed by atoms with Crippen LogP contribution in [0.1, 0.15) is 17.9 Å². The zero-order valence-electron chi connectivity index (χ0n) is 8.10. The van der Waals surface area contributed by atoms with E-state index in [9.17, 15) is 9.18 Å². The molecule has 0 radical (unpaired) electrons. The van der Waals surface area contributed by atoms with Crippen molar-refractivity contribution in [2.24, 2.45) is 11.0 Å². The first kappa shape index (κ1) is 10.9. The molecule has 0 aromatic heterocycles. The number of benzene rings is 1. The van der Waals surface area contributed by atoms with Crippen LogP contribution in [-0.2, 0) is 4.79 Å². The van der Waals surface area contributed by atoms with E-state index in [0.29, 0.717) is 12.0 Å². The van der Waals surface area contributed by atoms with Gasteiger partial charge in [0.2, 0.25) is 5.91 Å². The Morgan fingerprint density at radius 2 is 2.38 bits per heavy atom. The summed E-state index contributed by atoms with van der Waals surface area (Å²) in [4.78, 5) is 13.6. The summed E-state index contributed by atoms with van der Waals surface area (Å²) < 4.78 is 13.6. The molecule has 6 heteroatoms. The van der Waals surface area contributed by atoms with Crippen LogP contribution >= 0.6 is 11.6 Å². The van der Waals surface area contributed by atoms with E-state index in [2.05, 4.69) is 10.0 Å². The van der Waals surface area contributed by atoms with Gasteiger partial charge in [0, 0.05) is 10.8 Å². The largest absolute Gasteiger partial charge is 0.292 e. The Kier molecular flexibility index (Phi) is 2.81. The van der Waals surface area contributed by atoms with Crippen molar-refractivity contribution in [1.29, 1.82) is 0 Å². The number of nitrogens with zero attached hydrogens (tertiary/aromatic N) is 3. The van der Waals surface area contributed by atoms with E-state index in [1.165, 1.54) is 6.07 Å². The molecule has 16 heavy (non-hydrogen) atoms. The van der Waals surface area contributed by atoms with Gasteiger partial charge < -0.3 is 0 Å². The second-order valence-electron chi connectivity index (χ2n) is 3.62. The van der Waals surface area contributed by atoms with Gasteiger partial charge in [0.15, 0.2) is 0 Å². The average Bonchev–Trinajstić information content (AvgIpc) is 3.02. The standard InChI is InChI=1S/C10H7ClFN3O/c11-8-3-1-2-5(9(8)12)6-4-7(6)10(16)14-15-13/h1-3,6-7H,4H2. The number of halogens is 2. The van der Waals surface area contributed by atoms with Gasteiger partial charge in [0.1, 0.15) is 5.82 Å². The highest BCUT2D eigenvalue weighted by Crippen LogP contribution is 2.49. The number of azide groups is 1. The maximum atomic E-state index is 13.6. The first-order valence-corrected chi connectivity index (χ1v) is 5.05. The molecule has 1 aliphatic carbocycles. The topological polar surface area (TPSA) is 65.8 Å². The van der Waals surface area contributed by atoms with Crippen molar-refractivity contribution >= 4 is 17.5 Å². The van der Waals surface area contributed by atoms with Crippen LogP contribution in [0.25, 0.3) is 10.4 Å². The minimum absolute atomic E-state index is 0.0411. The predicted molar refractivity (Wildman–Crippen MR) is 56.4 cm³/mol. The highest BCUT2D eigenvalue weighted by molar-refractivity contribution is 6.30. The van der Waals surface area contributed by atoms with Crippen molar-refractivity contribution in [2.45, 2.75) is 12.3 Å². The lowest BCUT2D eigenvalue weighted by Crippen LogP contribution is -1.98. The van der Waals surface area contributed by atoms with E-state index in [0.717, 1.165) is 0 Å². The van der Waals surface area contributed by atoms with Gasteiger partial charge >= 0.3 is 0 Å². The van der Waals surface area contributed by atoms with Gasteiger partial charge in [0.25, 0.3) is 0 Å². The predicted octanol–water partition coefficient (Wildman–Crippen LogP) is 3.42. The van der Waals surface area contributed by atoms with Gasteiger partial charge in [0.05, 0.1) is 5.02 Å². The van der Waals surface area contributed by atoms with Crippen LogP contribution in [0.3, 0.4) is 0 Å². The molecule has 82 valence electrons. The molecule has 4 nitrogen and oxygen atoms in total. The highest BCUT2D eigenvalue weighted by atomic mass is 35.5. The molecule has 1 saturated carbocycles. The van der Waals surface area contributed by atoms with Crippen LogP contribution in [0.2, 0.25) is 5.02 Å². The Bertz CT molecular complexity index is 499. The molecule has 1 aromatic rings. The fourth-order valence-corrected chi connectivity index (χ4v) is 1.92. The number of hydrogen-bond acceptors (Lipinski definition) is 1. The van der Waals surface area contributed by atoms with Gasteiger partial charge in [-0.15, -0.1) is 0 Å². The summed E-state index contributed by atoms with van der Waals surface area (Å²) in [5, 5.41) is 3.04. The number of carbonyl (C=O) groups is 1. The molecule has 1 fully saturated rings. The molecule has 1 amide bonds. The fraction of sp³-hybridized carbons (Fsp3) is 0.300. The van der Waals surface area contributed by atoms with Gasteiger partial charge in [-0.05, 0) is 34.6 Å². The lowest BCUT2D eigenvalue weighted by molar-refractivity contribution is -0.119. The zero-order chi connectivity index (χ0) is 11.7. The number of hydrogen-bond donors (Lipinski definition) is 0. The summed E-state index contributed by atoms with van der Waals surface area (Å²) in [6.07, 6.45) is 0.509. The number of rotatable bonds is 2. The third-order valence-corrected chi connectivity index (χ3v) is 2.92. The number of amides is 1. The summed E-state index contributed by atoms with van der Waals surface area (Å²) in [6, 6.07) is 4.68. The van der Waals surface area contributed by atoms with E-state index in [1.54, 1.807) is 12.1 Å². The highest BCUT2D eigenvalue weighted by Gasteiger charge is 2.44. The SMILES string of the molecule is [N-]=[N+]=NC(=O)C1CC1c1cccc(Cl)c1F. The lowest BCUT2D eigenvalue weighted by Gasteiger charge is -2.02. The first-order chi connectivity index (χ1) is 7.65. The third kappa shape index (κ3) is 1.87. The van der Waals surface area contributed by atoms with Gasteiger partial charge in [-0.2, -0.15) is 0 Å². The fourth-order valence-electron chi connectivity index (χ4n) is 1.74. The normalized spacial score (nSPS) is 22.4. The molecular formula is C10H7ClFN3O. The van der Waals surface area contributed by atoms with Crippen molar-refractivity contribution in [3.05, 3.63) is 45.0 Å². The summed E-state index contributed by atoms with van der Waals surface area (Å²) in [5.41, 5.74) is 8.53. The van der Waals surface area contributed by atoms with Crippen molar-refractivity contribution in [1.82, 2.24) is 0 Å². The average molecular weight is 240 g/mol. The first-order valence-electron chi connectivity index (χ1n) is 4.68. The maximum absolute atomic E-state index is 13.6. The van der Waals surface area contributed by atoms with Crippen molar-refractivity contribution in [3.8, 4) is 0 Å². The Morgan fingerprint density at radius 1 is 1.62 bits per heavy atom. The van der Waals surface area contributed by atoms with E-state index in [1.807, 2.05) is 0 Å². The Morgan fingerprint density at radius 3 is 3.06 bits per heavy atom. The van der Waals surface area contributed by atoms with Crippen LogP contribution in [0.15, 0.2) is 23.3 Å². The molecule has 0 N–H and O–H groups in total. The van der Waals surface area contributed by atoms with E-state index in [4.69, 9.17) is 17.1 Å². The molecular weight excluding hydrogens is 233 g/mol. The molecule has 1 aliphatic rings. The Labute approximate surface area is 95.6 Å². The van der Waals surface area contributed by atoms with Crippen LogP contribution in [0.5, 0.6) is 0 Å². The van der Waals surface area contributed by atoms with E-state index < -0.39 is 17.6 Å². The van der Waals surface area contributed by atoms with Crippen molar-refractivity contribution in [3.63, 3.8) is 0 Å². The van der Waals surface area contributed by atoms with E-state index in [-0.39, 0.29) is 10.9 Å². The van der Waals surface area contributed by atoms with E-state index >= 15 is 0 Å². The molecule has 0 saturated heterocycles. The maximum Gasteiger partial charge on any atom is 0.222 e. The molecule has 0 bridgehead atoms. The monoisotopic (exact) mass is 239 g/mol. The molecule has 0 heterocycles. The summed E-state index contributed by atoms with van der Waals surface area (Å²) in [5.74, 6) is -1.64. The Balaban J connectivity index is 2.20. The second kappa shape index (κ2) is 4.12. The van der Waals surface area contributed by atoms with Crippen molar-refractivity contribution in [2.75, 3.05) is 0 Å². The van der Waals surface area contributed by atoms with Gasteiger partial charge in [-0.3, -0.25) is 4.79 Å². The zero-order valence-corrected chi connectivity index (χ0v) is 8.86. The quantitative estimate of drug-likeness (QED) is 0.443. The van der Waals surface area contributed by atoms with Crippen LogP contribution in [0, 0.1) is 11.7 Å².